The number of carbonyl (C=O) groups excluding carboxylic acids is 2. The van der Waals surface area contributed by atoms with E-state index in [1.54, 1.807) is 0 Å². The first-order valence-corrected chi connectivity index (χ1v) is 8.87. The fourth-order valence-electron chi connectivity index (χ4n) is 2.86. The van der Waals surface area contributed by atoms with E-state index in [4.69, 9.17) is 0 Å². The quantitative estimate of drug-likeness (QED) is 0.842. The van der Waals surface area contributed by atoms with Crippen molar-refractivity contribution in [1.29, 1.82) is 0 Å². The summed E-state index contributed by atoms with van der Waals surface area (Å²) in [5, 5.41) is 5.98. The number of rotatable bonds is 6. The molecule has 0 saturated carbocycles. The van der Waals surface area contributed by atoms with Crippen molar-refractivity contribution in [3.8, 4) is 0 Å². The Morgan fingerprint density at radius 1 is 1.21 bits per heavy atom. The molecule has 0 aliphatic carbocycles. The van der Waals surface area contributed by atoms with Gasteiger partial charge in [0, 0.05) is 17.6 Å². The van der Waals surface area contributed by atoms with Gasteiger partial charge in [-0.3, -0.25) is 14.5 Å². The number of hydrogen-bond acceptors (Lipinski definition) is 3. The molecule has 1 aliphatic rings. The van der Waals surface area contributed by atoms with Gasteiger partial charge in [-0.2, -0.15) is 0 Å². The highest BCUT2D eigenvalue weighted by Gasteiger charge is 2.26. The van der Waals surface area contributed by atoms with E-state index in [-0.39, 0.29) is 23.8 Å². The number of likely N-dealkylation sites (tertiary alicyclic amines) is 1. The Labute approximate surface area is 144 Å². The zero-order chi connectivity index (χ0) is 17.5. The van der Waals surface area contributed by atoms with Crippen LogP contribution in [0.2, 0.25) is 0 Å². The number of hydrogen-bond donors (Lipinski definition) is 2. The highest BCUT2D eigenvalue weighted by Crippen LogP contribution is 2.18. The summed E-state index contributed by atoms with van der Waals surface area (Å²) >= 11 is 0. The minimum Gasteiger partial charge on any atom is -0.353 e. The predicted octanol–water partition coefficient (Wildman–Crippen LogP) is 2.56. The van der Waals surface area contributed by atoms with Crippen LogP contribution >= 0.6 is 0 Å². The number of anilines is 1. The van der Waals surface area contributed by atoms with Crippen molar-refractivity contribution in [1.82, 2.24) is 10.2 Å². The molecule has 0 radical (unpaired) electrons. The SMILES string of the molecule is CCC(C)NC(=O)C1CCN(CC(=O)Nc2ccc(C)cc2)CC1. The van der Waals surface area contributed by atoms with Crippen LogP contribution in [0.25, 0.3) is 0 Å². The van der Waals surface area contributed by atoms with Crippen LogP contribution in [0.4, 0.5) is 5.69 Å². The van der Waals surface area contributed by atoms with Crippen molar-refractivity contribution in [3.63, 3.8) is 0 Å². The summed E-state index contributed by atoms with van der Waals surface area (Å²) in [6, 6.07) is 8.03. The standard InChI is InChI=1S/C19H29N3O2/c1-4-15(3)20-19(24)16-9-11-22(12-10-16)13-18(23)21-17-7-5-14(2)6-8-17/h5-8,15-16H,4,9-13H2,1-3H3,(H,20,24)(H,21,23). The normalized spacial score (nSPS) is 17.3. The summed E-state index contributed by atoms with van der Waals surface area (Å²) in [4.78, 5) is 26.4. The maximum Gasteiger partial charge on any atom is 0.238 e. The molecule has 2 N–H and O–H groups in total. The largest absolute Gasteiger partial charge is 0.353 e. The van der Waals surface area contributed by atoms with E-state index in [0.29, 0.717) is 6.54 Å². The van der Waals surface area contributed by atoms with E-state index in [0.717, 1.165) is 38.0 Å². The van der Waals surface area contributed by atoms with Crippen molar-refractivity contribution in [3.05, 3.63) is 29.8 Å². The molecule has 2 amide bonds. The molecule has 5 heteroatoms. The van der Waals surface area contributed by atoms with Gasteiger partial charge in [-0.15, -0.1) is 0 Å². The van der Waals surface area contributed by atoms with Gasteiger partial charge in [0.05, 0.1) is 6.54 Å². The molecule has 1 unspecified atom stereocenters. The zero-order valence-corrected chi connectivity index (χ0v) is 15.0. The molecule has 132 valence electrons. The van der Waals surface area contributed by atoms with Crippen molar-refractivity contribution in [2.45, 2.75) is 46.1 Å². The van der Waals surface area contributed by atoms with Crippen LogP contribution in [-0.2, 0) is 9.59 Å². The minimum atomic E-state index is 0.00126. The Balaban J connectivity index is 1.73. The molecule has 1 atom stereocenters. The number of benzene rings is 1. The van der Waals surface area contributed by atoms with E-state index in [1.165, 1.54) is 5.56 Å². The summed E-state index contributed by atoms with van der Waals surface area (Å²) in [6.45, 7) is 8.09. The van der Waals surface area contributed by atoms with E-state index < -0.39 is 0 Å². The van der Waals surface area contributed by atoms with Crippen LogP contribution in [0.15, 0.2) is 24.3 Å². The van der Waals surface area contributed by atoms with Crippen molar-refractivity contribution in [2.24, 2.45) is 5.92 Å². The highest BCUT2D eigenvalue weighted by molar-refractivity contribution is 5.92. The maximum absolute atomic E-state index is 12.2. The monoisotopic (exact) mass is 331 g/mol. The molecule has 0 bridgehead atoms. The summed E-state index contributed by atoms with van der Waals surface area (Å²) in [7, 11) is 0. The number of piperidine rings is 1. The van der Waals surface area contributed by atoms with Crippen LogP contribution in [-0.4, -0.2) is 42.4 Å². The molecule has 1 heterocycles. The molecule has 24 heavy (non-hydrogen) atoms. The third kappa shape index (κ3) is 5.64. The Morgan fingerprint density at radius 2 is 1.83 bits per heavy atom. The van der Waals surface area contributed by atoms with E-state index in [9.17, 15) is 9.59 Å². The van der Waals surface area contributed by atoms with Gasteiger partial charge in [0.1, 0.15) is 0 Å². The second-order valence-electron chi connectivity index (χ2n) is 6.78. The third-order valence-electron chi connectivity index (χ3n) is 4.66. The van der Waals surface area contributed by atoms with Gasteiger partial charge in [-0.05, 0) is 58.3 Å². The van der Waals surface area contributed by atoms with Crippen LogP contribution in [0, 0.1) is 12.8 Å². The molecule has 0 spiro atoms. The van der Waals surface area contributed by atoms with Crippen molar-refractivity contribution in [2.75, 3.05) is 25.0 Å². The number of amides is 2. The van der Waals surface area contributed by atoms with Crippen molar-refractivity contribution >= 4 is 17.5 Å². The Morgan fingerprint density at radius 3 is 2.42 bits per heavy atom. The average Bonchev–Trinajstić information content (AvgIpc) is 2.57. The van der Waals surface area contributed by atoms with Crippen LogP contribution in [0.1, 0.15) is 38.7 Å². The number of aryl methyl sites for hydroxylation is 1. The van der Waals surface area contributed by atoms with Gasteiger partial charge in [0.2, 0.25) is 11.8 Å². The lowest BCUT2D eigenvalue weighted by atomic mass is 9.95. The van der Waals surface area contributed by atoms with Crippen LogP contribution in [0.5, 0.6) is 0 Å². The van der Waals surface area contributed by atoms with Gasteiger partial charge in [-0.1, -0.05) is 24.6 Å². The Hall–Kier alpha value is -1.88. The molecule has 5 nitrogen and oxygen atoms in total. The predicted molar refractivity (Wildman–Crippen MR) is 96.9 cm³/mol. The number of nitrogens with zero attached hydrogens (tertiary/aromatic N) is 1. The lowest BCUT2D eigenvalue weighted by Gasteiger charge is -2.31. The number of nitrogens with one attached hydrogen (secondary N) is 2. The molecule has 1 fully saturated rings. The van der Waals surface area contributed by atoms with E-state index >= 15 is 0 Å². The molecule has 1 saturated heterocycles. The maximum atomic E-state index is 12.2. The fraction of sp³-hybridized carbons (Fsp3) is 0.579. The topological polar surface area (TPSA) is 61.4 Å². The molecule has 2 rings (SSSR count). The Bertz CT molecular complexity index is 548. The van der Waals surface area contributed by atoms with Gasteiger partial charge < -0.3 is 10.6 Å². The first kappa shape index (κ1) is 18.5. The fourth-order valence-corrected chi connectivity index (χ4v) is 2.86. The van der Waals surface area contributed by atoms with Gasteiger partial charge >= 0.3 is 0 Å². The molecule has 1 aromatic carbocycles. The molecule has 1 aliphatic heterocycles. The first-order chi connectivity index (χ1) is 11.5. The molecular weight excluding hydrogens is 302 g/mol. The smallest absolute Gasteiger partial charge is 0.238 e. The minimum absolute atomic E-state index is 0.00126. The number of carbonyl (C=O) groups is 2. The summed E-state index contributed by atoms with van der Waals surface area (Å²) in [6.07, 6.45) is 2.59. The Kier molecular flexibility index (Phi) is 6.79. The van der Waals surface area contributed by atoms with E-state index in [1.807, 2.05) is 38.1 Å². The van der Waals surface area contributed by atoms with Gasteiger partial charge in [0.25, 0.3) is 0 Å². The second kappa shape index (κ2) is 8.83. The van der Waals surface area contributed by atoms with Gasteiger partial charge in [0.15, 0.2) is 0 Å². The van der Waals surface area contributed by atoms with E-state index in [2.05, 4.69) is 22.5 Å². The summed E-state index contributed by atoms with van der Waals surface area (Å²) in [5.74, 6) is 0.241. The second-order valence-corrected chi connectivity index (χ2v) is 6.78. The van der Waals surface area contributed by atoms with Crippen LogP contribution < -0.4 is 10.6 Å². The lowest BCUT2D eigenvalue weighted by molar-refractivity contribution is -0.127. The molecule has 0 aromatic heterocycles. The summed E-state index contributed by atoms with van der Waals surface area (Å²) in [5.41, 5.74) is 2.00. The van der Waals surface area contributed by atoms with Crippen LogP contribution in [0.3, 0.4) is 0 Å². The first-order valence-electron chi connectivity index (χ1n) is 8.87. The summed E-state index contributed by atoms with van der Waals surface area (Å²) < 4.78 is 0. The van der Waals surface area contributed by atoms with Gasteiger partial charge in [-0.25, -0.2) is 0 Å². The van der Waals surface area contributed by atoms with Crippen molar-refractivity contribution < 1.29 is 9.59 Å². The third-order valence-corrected chi connectivity index (χ3v) is 4.66. The zero-order valence-electron chi connectivity index (χ0n) is 15.0. The molecule has 1 aromatic rings. The lowest BCUT2D eigenvalue weighted by Crippen LogP contribution is -2.44. The molecular formula is C19H29N3O2. The average molecular weight is 331 g/mol. The highest BCUT2D eigenvalue weighted by atomic mass is 16.2.